The lowest BCUT2D eigenvalue weighted by Gasteiger charge is -2.30. The van der Waals surface area contributed by atoms with Gasteiger partial charge in [-0.15, -0.1) is 0 Å². The second kappa shape index (κ2) is 8.11. The van der Waals surface area contributed by atoms with Crippen molar-refractivity contribution in [1.29, 1.82) is 0 Å². The molecule has 0 atom stereocenters. The van der Waals surface area contributed by atoms with Crippen molar-refractivity contribution in [3.05, 3.63) is 59.8 Å². The Kier molecular flexibility index (Phi) is 5.38. The average Bonchev–Trinajstić information content (AvgIpc) is 2.74. The minimum Gasteiger partial charge on any atom is -0.497 e. The summed E-state index contributed by atoms with van der Waals surface area (Å²) < 4.78 is 5.24. The first kappa shape index (κ1) is 19.2. The van der Waals surface area contributed by atoms with Crippen LogP contribution < -0.4 is 10.1 Å². The van der Waals surface area contributed by atoms with Crippen LogP contribution in [-0.2, 0) is 0 Å². The van der Waals surface area contributed by atoms with E-state index in [2.05, 4.69) is 30.2 Å². The van der Waals surface area contributed by atoms with Crippen molar-refractivity contribution in [3.63, 3.8) is 0 Å². The number of carbonyl (C=O) groups excluding carboxylic acids is 1. The van der Waals surface area contributed by atoms with Crippen LogP contribution >= 0.6 is 0 Å². The molecule has 1 saturated heterocycles. The van der Waals surface area contributed by atoms with Crippen molar-refractivity contribution in [2.24, 2.45) is 5.92 Å². The van der Waals surface area contributed by atoms with Gasteiger partial charge in [0, 0.05) is 24.2 Å². The molecule has 0 radical (unpaired) electrons. The van der Waals surface area contributed by atoms with E-state index < -0.39 is 0 Å². The van der Waals surface area contributed by atoms with Crippen molar-refractivity contribution < 1.29 is 9.53 Å². The fraction of sp³-hybridized carbons (Fsp3) is 0.333. The number of nitrogens with one attached hydrogen (secondary N) is 1. The Labute approximate surface area is 171 Å². The zero-order valence-corrected chi connectivity index (χ0v) is 17.2. The highest BCUT2D eigenvalue weighted by Crippen LogP contribution is 2.29. The summed E-state index contributed by atoms with van der Waals surface area (Å²) in [4.78, 5) is 19.7. The third-order valence-corrected chi connectivity index (χ3v) is 5.62. The highest BCUT2D eigenvalue weighted by Gasteiger charge is 2.23. The number of aromatic nitrogens is 1. The molecule has 0 bridgehead atoms. The fourth-order valence-electron chi connectivity index (χ4n) is 3.76. The van der Waals surface area contributed by atoms with Crippen LogP contribution in [0.1, 0.15) is 35.8 Å². The Morgan fingerprint density at radius 2 is 1.83 bits per heavy atom. The van der Waals surface area contributed by atoms with E-state index in [0.29, 0.717) is 11.6 Å². The number of aryl methyl sites for hydroxylation is 1. The number of piperidine rings is 1. The molecule has 0 unspecified atom stereocenters. The van der Waals surface area contributed by atoms with Gasteiger partial charge in [0.15, 0.2) is 0 Å². The van der Waals surface area contributed by atoms with E-state index in [-0.39, 0.29) is 5.91 Å². The molecule has 29 heavy (non-hydrogen) atoms. The minimum atomic E-state index is 0.0113. The molecule has 1 aliphatic rings. The van der Waals surface area contributed by atoms with Gasteiger partial charge in [-0.05, 0) is 68.1 Å². The van der Waals surface area contributed by atoms with Crippen LogP contribution in [0.15, 0.2) is 48.5 Å². The van der Waals surface area contributed by atoms with Gasteiger partial charge >= 0.3 is 0 Å². The number of amides is 1. The predicted octanol–water partition coefficient (Wildman–Crippen LogP) is 5.17. The number of pyridine rings is 1. The third-order valence-electron chi connectivity index (χ3n) is 5.62. The quantitative estimate of drug-likeness (QED) is 0.669. The molecule has 5 heteroatoms. The lowest BCUT2D eigenvalue weighted by molar-refractivity contribution is 0.0691. The Balaban J connectivity index is 1.70. The number of nitrogens with zero attached hydrogens (tertiary/aromatic N) is 2. The molecule has 150 valence electrons. The van der Waals surface area contributed by atoms with Crippen LogP contribution in [0.25, 0.3) is 10.9 Å². The first-order chi connectivity index (χ1) is 14.0. The molecule has 3 aromatic rings. The maximum atomic E-state index is 13.1. The van der Waals surface area contributed by atoms with Crippen LogP contribution in [0.5, 0.6) is 5.75 Å². The van der Waals surface area contributed by atoms with E-state index in [4.69, 9.17) is 4.74 Å². The smallest absolute Gasteiger partial charge is 0.272 e. The Bertz CT molecular complexity index is 1020. The van der Waals surface area contributed by atoms with Gasteiger partial charge in [0.1, 0.15) is 11.4 Å². The van der Waals surface area contributed by atoms with Crippen LogP contribution in [0.4, 0.5) is 11.4 Å². The summed E-state index contributed by atoms with van der Waals surface area (Å²) >= 11 is 0. The highest BCUT2D eigenvalue weighted by atomic mass is 16.5. The molecule has 1 fully saturated rings. The molecule has 0 spiro atoms. The second-order valence-corrected chi connectivity index (χ2v) is 7.90. The number of anilines is 2. The van der Waals surface area contributed by atoms with Crippen LogP contribution in [0.3, 0.4) is 0 Å². The molecule has 1 aromatic heterocycles. The molecule has 1 aliphatic heterocycles. The zero-order valence-electron chi connectivity index (χ0n) is 17.2. The van der Waals surface area contributed by atoms with E-state index in [1.807, 2.05) is 47.4 Å². The number of ether oxygens (including phenoxy) is 1. The summed E-state index contributed by atoms with van der Waals surface area (Å²) in [6, 6.07) is 15.8. The van der Waals surface area contributed by atoms with Gasteiger partial charge in [-0.25, -0.2) is 4.98 Å². The largest absolute Gasteiger partial charge is 0.497 e. The van der Waals surface area contributed by atoms with Crippen molar-refractivity contribution >= 4 is 28.2 Å². The number of carbonyl (C=O) groups is 1. The number of rotatable bonds is 4. The van der Waals surface area contributed by atoms with E-state index in [1.54, 1.807) is 7.11 Å². The monoisotopic (exact) mass is 389 g/mol. The summed E-state index contributed by atoms with van der Waals surface area (Å²) in [6.07, 6.45) is 2.10. The summed E-state index contributed by atoms with van der Waals surface area (Å²) in [5.74, 6) is 1.50. The summed E-state index contributed by atoms with van der Waals surface area (Å²) in [7, 11) is 1.65. The van der Waals surface area contributed by atoms with Crippen molar-refractivity contribution in [3.8, 4) is 5.75 Å². The summed E-state index contributed by atoms with van der Waals surface area (Å²) in [5.41, 5.74) is 4.29. The zero-order chi connectivity index (χ0) is 20.4. The molecule has 5 nitrogen and oxygen atoms in total. The molecule has 4 rings (SSSR count). The molecular weight excluding hydrogens is 362 g/mol. The van der Waals surface area contributed by atoms with Gasteiger partial charge in [0.2, 0.25) is 0 Å². The van der Waals surface area contributed by atoms with Crippen molar-refractivity contribution in [2.45, 2.75) is 26.7 Å². The fourth-order valence-corrected chi connectivity index (χ4v) is 3.76. The maximum absolute atomic E-state index is 13.1. The Morgan fingerprint density at radius 3 is 2.52 bits per heavy atom. The van der Waals surface area contributed by atoms with Crippen molar-refractivity contribution in [1.82, 2.24) is 9.88 Å². The Morgan fingerprint density at radius 1 is 1.10 bits per heavy atom. The first-order valence-corrected chi connectivity index (χ1v) is 10.2. The van der Waals surface area contributed by atoms with Gasteiger partial charge in [0.05, 0.1) is 18.3 Å². The summed E-state index contributed by atoms with van der Waals surface area (Å²) in [5, 5.41) is 4.47. The number of hydrogen-bond donors (Lipinski definition) is 1. The molecule has 1 amide bonds. The van der Waals surface area contributed by atoms with Crippen LogP contribution in [0, 0.1) is 12.8 Å². The van der Waals surface area contributed by atoms with Crippen molar-refractivity contribution in [2.75, 3.05) is 25.5 Å². The standard InChI is InChI=1S/C24H27N3O2/c1-16-10-12-27(13-11-16)24(28)23-15-22(20-14-17(2)4-9-21(20)26-23)25-18-5-7-19(29-3)8-6-18/h4-9,14-16H,10-13H2,1-3H3,(H,25,26). The lowest BCUT2D eigenvalue weighted by Crippen LogP contribution is -2.38. The molecule has 0 saturated carbocycles. The van der Waals surface area contributed by atoms with E-state index in [9.17, 15) is 4.79 Å². The van der Waals surface area contributed by atoms with Gasteiger partial charge < -0.3 is 15.0 Å². The molecule has 2 heterocycles. The van der Waals surface area contributed by atoms with E-state index in [0.717, 1.165) is 59.5 Å². The molecule has 1 N–H and O–H groups in total. The highest BCUT2D eigenvalue weighted by molar-refractivity contribution is 6.00. The number of hydrogen-bond acceptors (Lipinski definition) is 4. The molecule has 0 aliphatic carbocycles. The first-order valence-electron chi connectivity index (χ1n) is 10.2. The topological polar surface area (TPSA) is 54.5 Å². The van der Waals surface area contributed by atoms with Gasteiger partial charge in [-0.3, -0.25) is 4.79 Å². The van der Waals surface area contributed by atoms with Gasteiger partial charge in [-0.2, -0.15) is 0 Å². The normalized spacial score (nSPS) is 14.8. The van der Waals surface area contributed by atoms with Crippen LogP contribution in [-0.4, -0.2) is 36.0 Å². The van der Waals surface area contributed by atoms with Gasteiger partial charge in [-0.1, -0.05) is 18.6 Å². The number of benzene rings is 2. The lowest BCUT2D eigenvalue weighted by atomic mass is 9.99. The summed E-state index contributed by atoms with van der Waals surface area (Å²) in [6.45, 7) is 5.91. The Hall–Kier alpha value is -3.08. The van der Waals surface area contributed by atoms with E-state index in [1.165, 1.54) is 0 Å². The van der Waals surface area contributed by atoms with Gasteiger partial charge in [0.25, 0.3) is 5.91 Å². The molecule has 2 aromatic carbocycles. The second-order valence-electron chi connectivity index (χ2n) is 7.90. The minimum absolute atomic E-state index is 0.0113. The maximum Gasteiger partial charge on any atom is 0.272 e. The third kappa shape index (κ3) is 4.19. The predicted molar refractivity (Wildman–Crippen MR) is 117 cm³/mol. The molecular formula is C24H27N3O2. The van der Waals surface area contributed by atoms with E-state index >= 15 is 0 Å². The van der Waals surface area contributed by atoms with Crippen LogP contribution in [0.2, 0.25) is 0 Å². The average molecular weight is 389 g/mol. The number of fused-ring (bicyclic) bond motifs is 1. The number of methoxy groups -OCH3 is 1. The number of likely N-dealkylation sites (tertiary alicyclic amines) is 1. The SMILES string of the molecule is COc1ccc(Nc2cc(C(=O)N3CCC(C)CC3)nc3ccc(C)cc23)cc1.